The molecule has 0 aliphatic carbocycles. The van der Waals surface area contributed by atoms with Crippen molar-refractivity contribution in [1.29, 1.82) is 0 Å². The Hall–Kier alpha value is -1.11. The lowest BCUT2D eigenvalue weighted by molar-refractivity contribution is 0.182. The van der Waals surface area contributed by atoms with Crippen molar-refractivity contribution in [2.24, 2.45) is 11.7 Å². The molecule has 0 aromatic carbocycles. The minimum atomic E-state index is -0.273. The van der Waals surface area contributed by atoms with Crippen LogP contribution < -0.4 is 16.2 Å². The number of halogens is 1. The average molecular weight is 301 g/mol. The predicted octanol–water partition coefficient (Wildman–Crippen LogP) is 0.717. The fourth-order valence-corrected chi connectivity index (χ4v) is 2.72. The molecule has 1 fully saturated rings. The molecule has 0 spiro atoms. The third-order valence-electron chi connectivity index (χ3n) is 3.78. The van der Waals surface area contributed by atoms with Crippen molar-refractivity contribution in [2.45, 2.75) is 25.9 Å². The Balaban J connectivity index is 2.18. The van der Waals surface area contributed by atoms with Gasteiger partial charge in [0.2, 0.25) is 0 Å². The fourth-order valence-electron chi connectivity index (χ4n) is 2.45. The summed E-state index contributed by atoms with van der Waals surface area (Å²) >= 11 is 6.20. The van der Waals surface area contributed by atoms with Gasteiger partial charge in [-0.25, -0.2) is 4.68 Å². The molecule has 1 saturated heterocycles. The highest BCUT2D eigenvalue weighted by atomic mass is 35.5. The third kappa shape index (κ3) is 3.13. The van der Waals surface area contributed by atoms with E-state index in [1.807, 2.05) is 6.92 Å². The molecule has 1 aromatic rings. The van der Waals surface area contributed by atoms with Crippen molar-refractivity contribution < 1.29 is 4.74 Å². The first-order valence-electron chi connectivity index (χ1n) is 6.79. The molecule has 6 nitrogen and oxygen atoms in total. The second kappa shape index (κ2) is 6.56. The predicted molar refractivity (Wildman–Crippen MR) is 79.4 cm³/mol. The zero-order chi connectivity index (χ0) is 14.7. The van der Waals surface area contributed by atoms with Crippen molar-refractivity contribution in [2.75, 3.05) is 31.7 Å². The highest BCUT2D eigenvalue weighted by Gasteiger charge is 2.27. The van der Waals surface area contributed by atoms with Gasteiger partial charge in [-0.1, -0.05) is 11.6 Å². The Morgan fingerprint density at radius 3 is 3.00 bits per heavy atom. The van der Waals surface area contributed by atoms with Gasteiger partial charge in [0, 0.05) is 26.2 Å². The quantitative estimate of drug-likeness (QED) is 0.867. The first kappa shape index (κ1) is 15.3. The summed E-state index contributed by atoms with van der Waals surface area (Å²) in [6.07, 6.45) is 2.67. The number of aromatic nitrogens is 2. The van der Waals surface area contributed by atoms with Crippen LogP contribution in [0.5, 0.6) is 0 Å². The van der Waals surface area contributed by atoms with Crippen LogP contribution in [-0.2, 0) is 11.3 Å². The molecule has 1 aromatic heterocycles. The van der Waals surface area contributed by atoms with E-state index in [1.54, 1.807) is 13.3 Å². The Morgan fingerprint density at radius 1 is 1.65 bits per heavy atom. The smallest absolute Gasteiger partial charge is 0.287 e. The molecule has 112 valence electrons. The molecule has 2 heterocycles. The molecule has 0 bridgehead atoms. The van der Waals surface area contributed by atoms with Gasteiger partial charge >= 0.3 is 0 Å². The Morgan fingerprint density at radius 2 is 2.40 bits per heavy atom. The number of nitrogens with zero attached hydrogens (tertiary/aromatic N) is 3. The van der Waals surface area contributed by atoms with Gasteiger partial charge in [0.05, 0.1) is 25.0 Å². The van der Waals surface area contributed by atoms with Crippen LogP contribution in [0.1, 0.15) is 13.3 Å². The minimum absolute atomic E-state index is 0.147. The lowest BCUT2D eigenvalue weighted by Crippen LogP contribution is -2.32. The summed E-state index contributed by atoms with van der Waals surface area (Å²) in [6, 6.07) is 0.147. The second-order valence-electron chi connectivity index (χ2n) is 5.22. The molecule has 0 amide bonds. The van der Waals surface area contributed by atoms with Crippen LogP contribution in [0.4, 0.5) is 5.69 Å². The van der Waals surface area contributed by atoms with Crippen LogP contribution in [0, 0.1) is 5.92 Å². The van der Waals surface area contributed by atoms with Gasteiger partial charge in [0.1, 0.15) is 5.02 Å². The summed E-state index contributed by atoms with van der Waals surface area (Å²) in [6.45, 7) is 4.52. The molecular formula is C13H21ClN4O2. The van der Waals surface area contributed by atoms with E-state index in [0.717, 1.165) is 19.5 Å². The van der Waals surface area contributed by atoms with Crippen molar-refractivity contribution in [3.63, 3.8) is 0 Å². The van der Waals surface area contributed by atoms with Crippen LogP contribution in [0.3, 0.4) is 0 Å². The van der Waals surface area contributed by atoms with Crippen LogP contribution in [0.25, 0.3) is 0 Å². The first-order chi connectivity index (χ1) is 9.54. The number of hydrogen-bond acceptors (Lipinski definition) is 5. The van der Waals surface area contributed by atoms with Gasteiger partial charge in [-0.15, -0.1) is 0 Å². The van der Waals surface area contributed by atoms with Gasteiger partial charge < -0.3 is 15.4 Å². The van der Waals surface area contributed by atoms with Gasteiger partial charge in [-0.2, -0.15) is 5.10 Å². The molecule has 2 atom stereocenters. The van der Waals surface area contributed by atoms with Crippen molar-refractivity contribution in [3.05, 3.63) is 21.6 Å². The maximum atomic E-state index is 12.1. The summed E-state index contributed by atoms with van der Waals surface area (Å²) in [7, 11) is 1.58. The fraction of sp³-hybridized carbons (Fsp3) is 0.692. The van der Waals surface area contributed by atoms with E-state index in [0.29, 0.717) is 24.8 Å². The van der Waals surface area contributed by atoms with E-state index in [2.05, 4.69) is 10.00 Å². The lowest BCUT2D eigenvalue weighted by atomic mass is 10.0. The third-order valence-corrected chi connectivity index (χ3v) is 4.14. The number of nitrogens with two attached hydrogens (primary N) is 1. The summed E-state index contributed by atoms with van der Waals surface area (Å²) in [4.78, 5) is 14.2. The van der Waals surface area contributed by atoms with E-state index < -0.39 is 0 Å². The molecule has 2 N–H and O–H groups in total. The number of anilines is 1. The maximum absolute atomic E-state index is 12.1. The van der Waals surface area contributed by atoms with E-state index in [1.165, 1.54) is 4.68 Å². The second-order valence-corrected chi connectivity index (χ2v) is 5.60. The maximum Gasteiger partial charge on any atom is 0.287 e. The lowest BCUT2D eigenvalue weighted by Gasteiger charge is -2.21. The summed E-state index contributed by atoms with van der Waals surface area (Å²) in [5.74, 6) is 0.432. The van der Waals surface area contributed by atoms with Gasteiger partial charge in [-0.05, 0) is 19.3 Å². The molecular weight excluding hydrogens is 280 g/mol. The molecule has 20 heavy (non-hydrogen) atoms. The van der Waals surface area contributed by atoms with Crippen molar-refractivity contribution in [3.8, 4) is 0 Å². The van der Waals surface area contributed by atoms with Crippen LogP contribution in [-0.4, -0.2) is 42.6 Å². The zero-order valence-electron chi connectivity index (χ0n) is 11.9. The molecule has 2 unspecified atom stereocenters. The van der Waals surface area contributed by atoms with Crippen LogP contribution in [0.2, 0.25) is 5.02 Å². The highest BCUT2D eigenvalue weighted by Crippen LogP contribution is 2.28. The normalized spacial score (nSPS) is 20.4. The van der Waals surface area contributed by atoms with E-state index >= 15 is 0 Å². The standard InChI is InChI=1S/C13H21ClN4O2/c1-9(15)10-3-4-17(8-10)11-7-16-18(5-6-20-2)13(19)12(11)14/h7,9-10H,3-6,8,15H2,1-2H3. The van der Waals surface area contributed by atoms with E-state index in [4.69, 9.17) is 22.1 Å². The molecule has 7 heteroatoms. The molecule has 1 aliphatic rings. The number of hydrogen-bond donors (Lipinski definition) is 1. The summed E-state index contributed by atoms with van der Waals surface area (Å²) in [5, 5.41) is 4.38. The summed E-state index contributed by atoms with van der Waals surface area (Å²) < 4.78 is 6.27. The number of methoxy groups -OCH3 is 1. The number of ether oxygens (including phenoxy) is 1. The van der Waals surface area contributed by atoms with Gasteiger partial charge in [-0.3, -0.25) is 4.79 Å². The molecule has 1 aliphatic heterocycles. The summed E-state index contributed by atoms with van der Waals surface area (Å²) in [5.41, 5.74) is 6.36. The molecule has 0 radical (unpaired) electrons. The first-order valence-corrected chi connectivity index (χ1v) is 7.17. The Kier molecular flexibility index (Phi) is 5.01. The molecule has 2 rings (SSSR count). The Labute approximate surface area is 123 Å². The number of rotatable bonds is 5. The Bertz CT molecular complexity index is 518. The van der Waals surface area contributed by atoms with E-state index in [-0.39, 0.29) is 16.6 Å². The van der Waals surface area contributed by atoms with Crippen LogP contribution >= 0.6 is 11.6 Å². The van der Waals surface area contributed by atoms with Crippen molar-refractivity contribution >= 4 is 17.3 Å². The zero-order valence-corrected chi connectivity index (χ0v) is 12.6. The minimum Gasteiger partial charge on any atom is -0.383 e. The largest absolute Gasteiger partial charge is 0.383 e. The van der Waals surface area contributed by atoms with Crippen molar-refractivity contribution in [1.82, 2.24) is 9.78 Å². The van der Waals surface area contributed by atoms with Crippen LogP contribution in [0.15, 0.2) is 11.0 Å². The van der Waals surface area contributed by atoms with Gasteiger partial charge in [0.15, 0.2) is 0 Å². The molecule has 0 saturated carbocycles. The highest BCUT2D eigenvalue weighted by molar-refractivity contribution is 6.33. The monoisotopic (exact) mass is 300 g/mol. The average Bonchev–Trinajstić information content (AvgIpc) is 2.90. The van der Waals surface area contributed by atoms with Gasteiger partial charge in [0.25, 0.3) is 5.56 Å². The SMILES string of the molecule is COCCn1ncc(N2CCC(C(C)N)C2)c(Cl)c1=O. The van der Waals surface area contributed by atoms with E-state index in [9.17, 15) is 4.79 Å². The topological polar surface area (TPSA) is 73.4 Å².